The Bertz CT molecular complexity index is 629. The van der Waals surface area contributed by atoms with Gasteiger partial charge in [-0.1, -0.05) is 12.1 Å². The lowest BCUT2D eigenvalue weighted by Gasteiger charge is -2.02. The second-order valence-corrected chi connectivity index (χ2v) is 3.68. The van der Waals surface area contributed by atoms with Crippen molar-refractivity contribution in [3.63, 3.8) is 0 Å². The van der Waals surface area contributed by atoms with Gasteiger partial charge in [0, 0.05) is 17.2 Å². The van der Waals surface area contributed by atoms with Crippen LogP contribution in [-0.2, 0) is 0 Å². The summed E-state index contributed by atoms with van der Waals surface area (Å²) < 4.78 is 5.12. The van der Waals surface area contributed by atoms with Gasteiger partial charge in [-0.05, 0) is 19.1 Å². The van der Waals surface area contributed by atoms with Crippen molar-refractivity contribution in [3.05, 3.63) is 51.8 Å². The first-order valence-electron chi connectivity index (χ1n) is 5.08. The number of carboxylic acid groups (broad SMARTS) is 1. The van der Waals surface area contributed by atoms with Gasteiger partial charge in [0.05, 0.1) is 4.92 Å². The Hall–Kier alpha value is -2.63. The number of carboxylic acids is 1. The van der Waals surface area contributed by atoms with Gasteiger partial charge in [0.15, 0.2) is 0 Å². The molecule has 2 rings (SSSR count). The molecule has 0 fully saturated rings. The molecule has 0 unspecified atom stereocenters. The number of hydrogen-bond donors (Lipinski definition) is 1. The molecule has 0 aliphatic heterocycles. The zero-order chi connectivity index (χ0) is 13.3. The zero-order valence-corrected chi connectivity index (χ0v) is 9.41. The van der Waals surface area contributed by atoms with E-state index in [4.69, 9.17) is 9.52 Å². The van der Waals surface area contributed by atoms with Gasteiger partial charge < -0.3 is 9.52 Å². The summed E-state index contributed by atoms with van der Waals surface area (Å²) >= 11 is 0. The molecule has 0 aliphatic rings. The van der Waals surface area contributed by atoms with Gasteiger partial charge in [-0.2, -0.15) is 0 Å². The van der Waals surface area contributed by atoms with Crippen molar-refractivity contribution in [3.8, 4) is 11.3 Å². The van der Waals surface area contributed by atoms with Crippen LogP contribution in [0, 0.1) is 17.0 Å². The second kappa shape index (κ2) is 4.33. The van der Waals surface area contributed by atoms with E-state index in [1.807, 2.05) is 0 Å². The highest BCUT2D eigenvalue weighted by atomic mass is 16.6. The second-order valence-electron chi connectivity index (χ2n) is 3.68. The highest BCUT2D eigenvalue weighted by Gasteiger charge is 2.17. The number of nitro groups is 1. The first-order chi connectivity index (χ1) is 8.50. The van der Waals surface area contributed by atoms with Gasteiger partial charge in [0.25, 0.3) is 5.69 Å². The average molecular weight is 247 g/mol. The van der Waals surface area contributed by atoms with Crippen LogP contribution in [-0.4, -0.2) is 16.0 Å². The van der Waals surface area contributed by atoms with E-state index < -0.39 is 10.9 Å². The molecule has 1 aromatic carbocycles. The molecule has 18 heavy (non-hydrogen) atoms. The van der Waals surface area contributed by atoms with E-state index in [0.29, 0.717) is 16.9 Å². The molecule has 6 nitrogen and oxygen atoms in total. The summed E-state index contributed by atoms with van der Waals surface area (Å²) in [6.45, 7) is 1.59. The summed E-state index contributed by atoms with van der Waals surface area (Å²) in [6.07, 6.45) is 0. The molecular weight excluding hydrogens is 238 g/mol. The van der Waals surface area contributed by atoms with Gasteiger partial charge in [0.1, 0.15) is 5.76 Å². The topological polar surface area (TPSA) is 93.6 Å². The summed E-state index contributed by atoms with van der Waals surface area (Å²) in [5, 5.41) is 19.6. The van der Waals surface area contributed by atoms with Crippen LogP contribution in [0.15, 0.2) is 34.7 Å². The molecule has 0 spiro atoms. The van der Waals surface area contributed by atoms with E-state index in [0.717, 1.165) is 0 Å². The minimum atomic E-state index is -1.18. The van der Waals surface area contributed by atoms with Gasteiger partial charge in [0.2, 0.25) is 5.76 Å². The maximum Gasteiger partial charge on any atom is 0.371 e. The van der Waals surface area contributed by atoms with E-state index in [1.165, 1.54) is 24.3 Å². The van der Waals surface area contributed by atoms with Crippen molar-refractivity contribution in [1.29, 1.82) is 0 Å². The van der Waals surface area contributed by atoms with Crippen molar-refractivity contribution in [2.24, 2.45) is 0 Å². The fraction of sp³-hybridized carbons (Fsp3) is 0.0833. The number of hydrogen-bond acceptors (Lipinski definition) is 4. The Morgan fingerprint density at radius 3 is 2.61 bits per heavy atom. The number of rotatable bonds is 3. The van der Waals surface area contributed by atoms with Gasteiger partial charge in [-0.25, -0.2) is 4.79 Å². The predicted molar refractivity (Wildman–Crippen MR) is 62.5 cm³/mol. The average Bonchev–Trinajstić information content (AvgIpc) is 2.78. The zero-order valence-electron chi connectivity index (χ0n) is 9.41. The largest absolute Gasteiger partial charge is 0.475 e. The molecular formula is C12H9NO5. The number of nitro benzene ring substituents is 1. The molecule has 1 aromatic heterocycles. The standard InChI is InChI=1S/C12H9NO5/c1-7-8(3-2-4-9(7)13(16)17)10-5-6-11(18-10)12(14)15/h2-6H,1H3,(H,14,15). The summed E-state index contributed by atoms with van der Waals surface area (Å²) in [7, 11) is 0. The summed E-state index contributed by atoms with van der Waals surface area (Å²) in [6, 6.07) is 7.36. The van der Waals surface area contributed by atoms with Crippen LogP contribution < -0.4 is 0 Å². The molecule has 0 bridgehead atoms. The fourth-order valence-electron chi connectivity index (χ4n) is 1.69. The van der Waals surface area contributed by atoms with Gasteiger partial charge in [-0.3, -0.25) is 10.1 Å². The van der Waals surface area contributed by atoms with Crippen molar-refractivity contribution in [2.45, 2.75) is 6.92 Å². The fourth-order valence-corrected chi connectivity index (χ4v) is 1.69. The highest BCUT2D eigenvalue weighted by Crippen LogP contribution is 2.30. The lowest BCUT2D eigenvalue weighted by Crippen LogP contribution is -1.93. The number of benzene rings is 1. The van der Waals surface area contributed by atoms with E-state index in [1.54, 1.807) is 13.0 Å². The molecule has 0 atom stereocenters. The van der Waals surface area contributed by atoms with Crippen molar-refractivity contribution < 1.29 is 19.2 Å². The Morgan fingerprint density at radius 2 is 2.06 bits per heavy atom. The number of aromatic carboxylic acids is 1. The normalized spacial score (nSPS) is 10.3. The maximum atomic E-state index is 10.8. The van der Waals surface area contributed by atoms with E-state index in [2.05, 4.69) is 0 Å². The summed E-state index contributed by atoms with van der Waals surface area (Å²) in [5.74, 6) is -1.08. The molecule has 0 saturated heterocycles. The smallest absolute Gasteiger partial charge is 0.371 e. The molecule has 0 radical (unpaired) electrons. The van der Waals surface area contributed by atoms with Crippen LogP contribution in [0.4, 0.5) is 5.69 Å². The first-order valence-corrected chi connectivity index (χ1v) is 5.08. The van der Waals surface area contributed by atoms with Crippen molar-refractivity contribution in [1.82, 2.24) is 0 Å². The number of furan rings is 1. The minimum Gasteiger partial charge on any atom is -0.475 e. The molecule has 1 N–H and O–H groups in total. The van der Waals surface area contributed by atoms with Gasteiger partial charge >= 0.3 is 5.97 Å². The van der Waals surface area contributed by atoms with Crippen LogP contribution in [0.2, 0.25) is 0 Å². The monoisotopic (exact) mass is 247 g/mol. The Labute approximate surface area is 102 Å². The number of nitrogens with zero attached hydrogens (tertiary/aromatic N) is 1. The van der Waals surface area contributed by atoms with Crippen molar-refractivity contribution in [2.75, 3.05) is 0 Å². The molecule has 1 heterocycles. The summed E-state index contributed by atoms with van der Waals surface area (Å²) in [5.41, 5.74) is 0.922. The van der Waals surface area contributed by atoms with Crippen LogP contribution in [0.1, 0.15) is 16.1 Å². The van der Waals surface area contributed by atoms with Crippen LogP contribution in [0.3, 0.4) is 0 Å². The van der Waals surface area contributed by atoms with Crippen LogP contribution >= 0.6 is 0 Å². The molecule has 6 heteroatoms. The molecule has 0 saturated carbocycles. The molecule has 2 aromatic rings. The molecule has 0 amide bonds. The first kappa shape index (κ1) is 11.8. The molecule has 92 valence electrons. The molecule has 0 aliphatic carbocycles. The third-order valence-electron chi connectivity index (χ3n) is 2.58. The van der Waals surface area contributed by atoms with Crippen LogP contribution in [0.25, 0.3) is 11.3 Å². The minimum absolute atomic E-state index is 0.0271. The summed E-state index contributed by atoms with van der Waals surface area (Å²) in [4.78, 5) is 21.0. The third-order valence-corrected chi connectivity index (χ3v) is 2.58. The predicted octanol–water partition coefficient (Wildman–Crippen LogP) is 2.86. The number of carbonyl (C=O) groups is 1. The van der Waals surface area contributed by atoms with E-state index in [9.17, 15) is 14.9 Å². The Kier molecular flexibility index (Phi) is 2.85. The Balaban J connectivity index is 2.53. The quantitative estimate of drug-likeness (QED) is 0.664. The Morgan fingerprint density at radius 1 is 1.33 bits per heavy atom. The maximum absolute atomic E-state index is 10.8. The third kappa shape index (κ3) is 1.95. The highest BCUT2D eigenvalue weighted by molar-refractivity contribution is 5.85. The lowest BCUT2D eigenvalue weighted by molar-refractivity contribution is -0.385. The van der Waals surface area contributed by atoms with E-state index in [-0.39, 0.29) is 11.4 Å². The van der Waals surface area contributed by atoms with E-state index >= 15 is 0 Å². The van der Waals surface area contributed by atoms with Crippen molar-refractivity contribution >= 4 is 11.7 Å². The van der Waals surface area contributed by atoms with Gasteiger partial charge in [-0.15, -0.1) is 0 Å². The lowest BCUT2D eigenvalue weighted by atomic mass is 10.1. The SMILES string of the molecule is Cc1c(-c2ccc(C(=O)O)o2)cccc1[N+](=O)[O-]. The van der Waals surface area contributed by atoms with Crippen LogP contribution in [0.5, 0.6) is 0 Å².